The number of primary amides is 1. The number of carbonyl (C=O) groups is 1. The summed E-state index contributed by atoms with van der Waals surface area (Å²) in [5.41, 5.74) is 10.2. The van der Waals surface area contributed by atoms with Crippen LogP contribution in [0.1, 0.15) is 12.8 Å². The molecule has 0 saturated carbocycles. The van der Waals surface area contributed by atoms with Gasteiger partial charge >= 0.3 is 6.03 Å². The zero-order valence-corrected chi connectivity index (χ0v) is 6.42. The molecule has 0 bridgehead atoms. The van der Waals surface area contributed by atoms with E-state index in [-0.39, 0.29) is 12.6 Å². The normalized spacial score (nSPS) is 12.5. The molecule has 5 nitrogen and oxygen atoms in total. The highest BCUT2D eigenvalue weighted by molar-refractivity contribution is 5.71. The molecule has 0 aliphatic heterocycles. The van der Waals surface area contributed by atoms with Gasteiger partial charge in [-0.15, -0.1) is 0 Å². The molecule has 0 aromatic heterocycles. The van der Waals surface area contributed by atoms with Crippen LogP contribution in [0, 0.1) is 0 Å². The van der Waals surface area contributed by atoms with Crippen LogP contribution in [-0.2, 0) is 0 Å². The fourth-order valence-corrected chi connectivity index (χ4v) is 0.667. The Morgan fingerprint density at radius 2 is 2.27 bits per heavy atom. The molecule has 0 aromatic rings. The van der Waals surface area contributed by atoms with Gasteiger partial charge in [0, 0.05) is 12.6 Å². The van der Waals surface area contributed by atoms with Gasteiger partial charge < -0.3 is 21.9 Å². The van der Waals surface area contributed by atoms with E-state index in [0.717, 1.165) is 6.42 Å². The molecule has 2 amide bonds. The minimum absolute atomic E-state index is 0.0173. The molecule has 0 aromatic carbocycles. The fourth-order valence-electron chi connectivity index (χ4n) is 0.667. The van der Waals surface area contributed by atoms with Crippen LogP contribution in [0.4, 0.5) is 4.79 Å². The number of aliphatic hydroxyl groups is 1. The van der Waals surface area contributed by atoms with Gasteiger partial charge in [-0.25, -0.2) is 4.79 Å². The molecular formula is C6H15N3O2. The Morgan fingerprint density at radius 3 is 2.73 bits per heavy atom. The molecule has 0 fully saturated rings. The van der Waals surface area contributed by atoms with Gasteiger partial charge in [0.25, 0.3) is 0 Å². The summed E-state index contributed by atoms with van der Waals surface area (Å²) in [5.74, 6) is 0. The summed E-state index contributed by atoms with van der Waals surface area (Å²) in [5, 5.41) is 10.9. The Kier molecular flexibility index (Phi) is 5.50. The standard InChI is InChI=1S/C6H15N3O2/c7-5(4-10)2-1-3-9-6(8)11/h5,10H,1-4,7H2,(H3,8,9,11). The fraction of sp³-hybridized carbons (Fsp3) is 0.833. The van der Waals surface area contributed by atoms with Crippen LogP contribution in [0.2, 0.25) is 0 Å². The smallest absolute Gasteiger partial charge is 0.312 e. The monoisotopic (exact) mass is 161 g/mol. The first-order valence-corrected chi connectivity index (χ1v) is 3.56. The molecule has 0 radical (unpaired) electrons. The van der Waals surface area contributed by atoms with Crippen LogP contribution in [0.15, 0.2) is 0 Å². The van der Waals surface area contributed by atoms with Gasteiger partial charge in [0.05, 0.1) is 6.61 Å². The number of nitrogens with one attached hydrogen (secondary N) is 1. The molecule has 66 valence electrons. The molecule has 0 heterocycles. The van der Waals surface area contributed by atoms with E-state index in [1.807, 2.05) is 0 Å². The number of aliphatic hydroxyl groups excluding tert-OH is 1. The molecule has 0 aliphatic rings. The van der Waals surface area contributed by atoms with Crippen LogP contribution in [-0.4, -0.2) is 30.3 Å². The van der Waals surface area contributed by atoms with Crippen molar-refractivity contribution in [2.45, 2.75) is 18.9 Å². The first-order chi connectivity index (χ1) is 5.16. The third-order valence-corrected chi connectivity index (χ3v) is 1.29. The summed E-state index contributed by atoms with van der Waals surface area (Å²) < 4.78 is 0. The van der Waals surface area contributed by atoms with E-state index in [2.05, 4.69) is 5.32 Å². The highest BCUT2D eigenvalue weighted by Gasteiger charge is 1.99. The molecule has 0 aliphatic carbocycles. The van der Waals surface area contributed by atoms with Crippen LogP contribution in [0.25, 0.3) is 0 Å². The Balaban J connectivity index is 3.08. The topological polar surface area (TPSA) is 101 Å². The second-order valence-corrected chi connectivity index (χ2v) is 2.38. The SMILES string of the molecule is NC(=O)NCCCC(N)CO. The molecule has 0 spiro atoms. The van der Waals surface area contributed by atoms with E-state index < -0.39 is 6.03 Å². The predicted molar refractivity (Wildman–Crippen MR) is 41.9 cm³/mol. The van der Waals surface area contributed by atoms with E-state index in [9.17, 15) is 4.79 Å². The minimum atomic E-state index is -0.525. The van der Waals surface area contributed by atoms with E-state index in [4.69, 9.17) is 16.6 Å². The number of hydrogen-bond donors (Lipinski definition) is 4. The van der Waals surface area contributed by atoms with Gasteiger partial charge in [-0.2, -0.15) is 0 Å². The zero-order chi connectivity index (χ0) is 8.69. The van der Waals surface area contributed by atoms with Crippen molar-refractivity contribution in [2.75, 3.05) is 13.2 Å². The van der Waals surface area contributed by atoms with Gasteiger partial charge in [-0.3, -0.25) is 0 Å². The minimum Gasteiger partial charge on any atom is -0.395 e. The van der Waals surface area contributed by atoms with E-state index in [0.29, 0.717) is 13.0 Å². The highest BCUT2D eigenvalue weighted by Crippen LogP contribution is 1.90. The van der Waals surface area contributed by atoms with Crippen LogP contribution < -0.4 is 16.8 Å². The molecule has 0 rings (SSSR count). The molecular weight excluding hydrogens is 146 g/mol. The summed E-state index contributed by atoms with van der Waals surface area (Å²) in [6.07, 6.45) is 1.43. The maximum absolute atomic E-state index is 10.1. The average molecular weight is 161 g/mol. The molecule has 1 unspecified atom stereocenters. The number of carbonyl (C=O) groups excluding carboxylic acids is 1. The first kappa shape index (κ1) is 10.2. The Hall–Kier alpha value is -0.810. The van der Waals surface area contributed by atoms with E-state index in [1.165, 1.54) is 0 Å². The number of amides is 2. The average Bonchev–Trinajstić information content (AvgIpc) is 1.97. The summed E-state index contributed by atoms with van der Waals surface area (Å²) in [6, 6.07) is -0.716. The quantitative estimate of drug-likeness (QED) is 0.379. The van der Waals surface area contributed by atoms with Crippen LogP contribution in [0.5, 0.6) is 0 Å². The highest BCUT2D eigenvalue weighted by atomic mass is 16.3. The molecule has 11 heavy (non-hydrogen) atoms. The predicted octanol–water partition coefficient (Wildman–Crippen LogP) is -1.25. The second kappa shape index (κ2) is 5.94. The lowest BCUT2D eigenvalue weighted by Gasteiger charge is -2.06. The summed E-state index contributed by atoms with van der Waals surface area (Å²) >= 11 is 0. The Bertz CT molecular complexity index is 118. The second-order valence-electron chi connectivity index (χ2n) is 2.38. The lowest BCUT2D eigenvalue weighted by atomic mass is 10.2. The van der Waals surface area contributed by atoms with E-state index >= 15 is 0 Å². The van der Waals surface area contributed by atoms with Gasteiger partial charge in [0.2, 0.25) is 0 Å². The van der Waals surface area contributed by atoms with Crippen molar-refractivity contribution < 1.29 is 9.90 Å². The van der Waals surface area contributed by atoms with Gasteiger partial charge in [-0.05, 0) is 12.8 Å². The van der Waals surface area contributed by atoms with Gasteiger partial charge in [-0.1, -0.05) is 0 Å². The summed E-state index contributed by atoms with van der Waals surface area (Å²) in [6.45, 7) is 0.500. The number of nitrogens with two attached hydrogens (primary N) is 2. The van der Waals surface area contributed by atoms with Crippen molar-refractivity contribution in [3.8, 4) is 0 Å². The van der Waals surface area contributed by atoms with Gasteiger partial charge in [0.1, 0.15) is 0 Å². The maximum Gasteiger partial charge on any atom is 0.312 e. The molecule has 0 saturated heterocycles. The Labute approximate surface area is 65.7 Å². The third kappa shape index (κ3) is 7.08. The van der Waals surface area contributed by atoms with Crippen molar-refractivity contribution >= 4 is 6.03 Å². The van der Waals surface area contributed by atoms with Crippen molar-refractivity contribution in [2.24, 2.45) is 11.5 Å². The van der Waals surface area contributed by atoms with Crippen LogP contribution in [0.3, 0.4) is 0 Å². The summed E-state index contributed by atoms with van der Waals surface area (Å²) in [7, 11) is 0. The van der Waals surface area contributed by atoms with Crippen molar-refractivity contribution in [1.82, 2.24) is 5.32 Å². The molecule has 5 heteroatoms. The number of urea groups is 1. The van der Waals surface area contributed by atoms with Gasteiger partial charge in [0.15, 0.2) is 0 Å². The number of rotatable bonds is 5. The lowest BCUT2D eigenvalue weighted by molar-refractivity contribution is 0.246. The maximum atomic E-state index is 10.1. The van der Waals surface area contributed by atoms with E-state index in [1.54, 1.807) is 0 Å². The number of hydrogen-bond acceptors (Lipinski definition) is 3. The van der Waals surface area contributed by atoms with Crippen molar-refractivity contribution in [3.05, 3.63) is 0 Å². The lowest BCUT2D eigenvalue weighted by Crippen LogP contribution is -2.31. The van der Waals surface area contributed by atoms with Crippen LogP contribution >= 0.6 is 0 Å². The third-order valence-electron chi connectivity index (χ3n) is 1.29. The first-order valence-electron chi connectivity index (χ1n) is 3.56. The van der Waals surface area contributed by atoms with Crippen molar-refractivity contribution in [3.63, 3.8) is 0 Å². The largest absolute Gasteiger partial charge is 0.395 e. The zero-order valence-electron chi connectivity index (χ0n) is 6.42. The van der Waals surface area contributed by atoms with Crippen molar-refractivity contribution in [1.29, 1.82) is 0 Å². The molecule has 1 atom stereocenters. The molecule has 6 N–H and O–H groups in total. The summed E-state index contributed by atoms with van der Waals surface area (Å²) in [4.78, 5) is 10.1. The Morgan fingerprint density at radius 1 is 1.64 bits per heavy atom.